The number of para-hydroxylation sites is 1. The standard InChI is InChI=1S/C18H24N2O5S/c1-26(23,24)20-10-7-13(8-11-20)18(22)19-9-6-15(21)17-12-14-4-2-3-5-16(14)25-17/h2-5,12-13,15,21H,6-11H2,1H3,(H,19,22). The van der Waals surface area contributed by atoms with Gasteiger partial charge in [0.2, 0.25) is 15.9 Å². The number of furan rings is 1. The number of nitrogens with zero attached hydrogens (tertiary/aromatic N) is 1. The summed E-state index contributed by atoms with van der Waals surface area (Å²) in [6, 6.07) is 9.35. The molecule has 1 aliphatic rings. The Hall–Kier alpha value is -1.90. The molecule has 0 saturated carbocycles. The highest BCUT2D eigenvalue weighted by Gasteiger charge is 2.28. The molecule has 2 aromatic rings. The Bertz CT molecular complexity index is 836. The molecular formula is C18H24N2O5S. The minimum absolute atomic E-state index is 0.0880. The summed E-state index contributed by atoms with van der Waals surface area (Å²) in [5.41, 5.74) is 0.725. The second-order valence-electron chi connectivity index (χ2n) is 6.72. The number of hydrogen-bond donors (Lipinski definition) is 2. The van der Waals surface area contributed by atoms with Gasteiger partial charge in [-0.25, -0.2) is 12.7 Å². The van der Waals surface area contributed by atoms with E-state index in [9.17, 15) is 18.3 Å². The van der Waals surface area contributed by atoms with Crippen LogP contribution in [0.3, 0.4) is 0 Å². The summed E-state index contributed by atoms with van der Waals surface area (Å²) < 4.78 is 30.0. The number of nitrogens with one attached hydrogen (secondary N) is 1. The molecule has 1 fully saturated rings. The predicted octanol–water partition coefficient (Wildman–Crippen LogP) is 1.64. The first-order valence-electron chi connectivity index (χ1n) is 8.74. The summed E-state index contributed by atoms with van der Waals surface area (Å²) in [4.78, 5) is 12.2. The minimum atomic E-state index is -3.19. The Kier molecular flexibility index (Phi) is 5.64. The highest BCUT2D eigenvalue weighted by atomic mass is 32.2. The van der Waals surface area contributed by atoms with Gasteiger partial charge in [0, 0.05) is 30.9 Å². The van der Waals surface area contributed by atoms with Crippen molar-refractivity contribution in [3.05, 3.63) is 36.1 Å². The van der Waals surface area contributed by atoms with Gasteiger partial charge in [-0.05, 0) is 31.4 Å². The normalized spacial score (nSPS) is 18.1. The van der Waals surface area contributed by atoms with Crippen LogP contribution in [0.15, 0.2) is 34.7 Å². The molecule has 0 bridgehead atoms. The second-order valence-corrected chi connectivity index (χ2v) is 8.70. The molecule has 2 heterocycles. The lowest BCUT2D eigenvalue weighted by Gasteiger charge is -2.29. The number of aliphatic hydroxyl groups is 1. The molecule has 8 heteroatoms. The molecule has 7 nitrogen and oxygen atoms in total. The Balaban J connectivity index is 1.45. The molecule has 0 aliphatic carbocycles. The smallest absolute Gasteiger partial charge is 0.223 e. The summed E-state index contributed by atoms with van der Waals surface area (Å²) >= 11 is 0. The number of sulfonamides is 1. The van der Waals surface area contributed by atoms with Gasteiger partial charge in [0.05, 0.1) is 6.26 Å². The molecule has 26 heavy (non-hydrogen) atoms. The van der Waals surface area contributed by atoms with Crippen molar-refractivity contribution in [1.29, 1.82) is 0 Å². The van der Waals surface area contributed by atoms with Gasteiger partial charge in [0.25, 0.3) is 0 Å². The molecule has 1 unspecified atom stereocenters. The van der Waals surface area contributed by atoms with Crippen molar-refractivity contribution in [3.63, 3.8) is 0 Å². The first kappa shape index (κ1) is 18.9. The molecule has 1 aromatic carbocycles. The van der Waals surface area contributed by atoms with E-state index in [1.165, 1.54) is 10.6 Å². The summed E-state index contributed by atoms with van der Waals surface area (Å²) in [6.07, 6.45) is 1.80. The molecule has 0 radical (unpaired) electrons. The fourth-order valence-corrected chi connectivity index (χ4v) is 4.11. The molecule has 1 saturated heterocycles. The van der Waals surface area contributed by atoms with Gasteiger partial charge in [-0.3, -0.25) is 4.79 Å². The van der Waals surface area contributed by atoms with Crippen molar-refractivity contribution in [3.8, 4) is 0 Å². The van der Waals surface area contributed by atoms with Crippen LogP contribution in [0.2, 0.25) is 0 Å². The Labute approximate surface area is 153 Å². The van der Waals surface area contributed by atoms with Crippen molar-refractivity contribution in [2.24, 2.45) is 5.92 Å². The van der Waals surface area contributed by atoms with E-state index >= 15 is 0 Å². The van der Waals surface area contributed by atoms with Crippen LogP contribution in [0.5, 0.6) is 0 Å². The number of piperidine rings is 1. The van der Waals surface area contributed by atoms with E-state index in [0.29, 0.717) is 44.7 Å². The highest BCUT2D eigenvalue weighted by Crippen LogP contribution is 2.25. The first-order valence-corrected chi connectivity index (χ1v) is 10.6. The third-order valence-corrected chi connectivity index (χ3v) is 6.09. The number of aliphatic hydroxyl groups excluding tert-OH is 1. The fourth-order valence-electron chi connectivity index (χ4n) is 3.23. The average Bonchev–Trinajstić information content (AvgIpc) is 3.05. The van der Waals surface area contributed by atoms with Gasteiger partial charge in [-0.15, -0.1) is 0 Å². The fraction of sp³-hybridized carbons (Fsp3) is 0.500. The number of carbonyl (C=O) groups excluding carboxylic acids is 1. The molecule has 1 amide bonds. The molecule has 2 N–H and O–H groups in total. The maximum atomic E-state index is 12.2. The topological polar surface area (TPSA) is 99.9 Å². The van der Waals surface area contributed by atoms with Crippen LogP contribution in [0.1, 0.15) is 31.1 Å². The number of hydrogen-bond acceptors (Lipinski definition) is 5. The van der Waals surface area contributed by atoms with Crippen molar-refractivity contribution in [2.75, 3.05) is 25.9 Å². The number of rotatable bonds is 6. The SMILES string of the molecule is CS(=O)(=O)N1CCC(C(=O)NCCC(O)c2cc3ccccc3o2)CC1. The van der Waals surface area contributed by atoms with Gasteiger partial charge >= 0.3 is 0 Å². The van der Waals surface area contributed by atoms with Crippen LogP contribution >= 0.6 is 0 Å². The lowest BCUT2D eigenvalue weighted by molar-refractivity contribution is -0.126. The van der Waals surface area contributed by atoms with E-state index in [-0.39, 0.29) is 11.8 Å². The zero-order valence-electron chi connectivity index (χ0n) is 14.7. The van der Waals surface area contributed by atoms with Crippen molar-refractivity contribution < 1.29 is 22.7 Å². The van der Waals surface area contributed by atoms with E-state index in [1.54, 1.807) is 0 Å². The summed E-state index contributed by atoms with van der Waals surface area (Å²) in [7, 11) is -3.19. The zero-order valence-corrected chi connectivity index (χ0v) is 15.5. The van der Waals surface area contributed by atoms with E-state index < -0.39 is 16.1 Å². The maximum Gasteiger partial charge on any atom is 0.223 e. The Morgan fingerprint density at radius 2 is 2.04 bits per heavy atom. The summed E-state index contributed by atoms with van der Waals surface area (Å²) in [5.74, 6) is 0.216. The maximum absolute atomic E-state index is 12.2. The lowest BCUT2D eigenvalue weighted by Crippen LogP contribution is -2.42. The monoisotopic (exact) mass is 380 g/mol. The second kappa shape index (κ2) is 7.77. The van der Waals surface area contributed by atoms with E-state index in [2.05, 4.69) is 5.32 Å². The number of amides is 1. The third kappa shape index (κ3) is 4.44. The van der Waals surface area contributed by atoms with Crippen LogP contribution in [0.25, 0.3) is 11.0 Å². The van der Waals surface area contributed by atoms with Gasteiger partial charge in [-0.2, -0.15) is 0 Å². The molecular weight excluding hydrogens is 356 g/mol. The molecule has 0 spiro atoms. The van der Waals surface area contributed by atoms with Gasteiger partial charge in [-0.1, -0.05) is 18.2 Å². The molecule has 1 atom stereocenters. The van der Waals surface area contributed by atoms with Crippen LogP contribution in [0, 0.1) is 5.92 Å². The van der Waals surface area contributed by atoms with E-state index in [0.717, 1.165) is 11.0 Å². The highest BCUT2D eigenvalue weighted by molar-refractivity contribution is 7.88. The van der Waals surface area contributed by atoms with Crippen LogP contribution < -0.4 is 5.32 Å². The quantitative estimate of drug-likeness (QED) is 0.794. The van der Waals surface area contributed by atoms with Gasteiger partial charge in [0.15, 0.2) is 0 Å². The van der Waals surface area contributed by atoms with Crippen molar-refractivity contribution in [1.82, 2.24) is 9.62 Å². The van der Waals surface area contributed by atoms with E-state index in [4.69, 9.17) is 4.42 Å². The first-order chi connectivity index (χ1) is 12.3. The third-order valence-electron chi connectivity index (χ3n) is 4.78. The Morgan fingerprint density at radius 1 is 1.35 bits per heavy atom. The molecule has 1 aliphatic heterocycles. The number of benzene rings is 1. The number of carbonyl (C=O) groups is 1. The average molecular weight is 380 g/mol. The number of fused-ring (bicyclic) bond motifs is 1. The molecule has 3 rings (SSSR count). The molecule has 142 valence electrons. The minimum Gasteiger partial charge on any atom is -0.458 e. The summed E-state index contributed by atoms with van der Waals surface area (Å²) in [5, 5.41) is 14.0. The molecule has 1 aromatic heterocycles. The van der Waals surface area contributed by atoms with Gasteiger partial charge in [0.1, 0.15) is 17.4 Å². The van der Waals surface area contributed by atoms with Crippen molar-refractivity contribution >= 4 is 26.9 Å². The Morgan fingerprint density at radius 3 is 2.69 bits per heavy atom. The van der Waals surface area contributed by atoms with Gasteiger partial charge < -0.3 is 14.8 Å². The van der Waals surface area contributed by atoms with Crippen molar-refractivity contribution in [2.45, 2.75) is 25.4 Å². The zero-order chi connectivity index (χ0) is 18.7. The van der Waals surface area contributed by atoms with Crippen LogP contribution in [0.4, 0.5) is 0 Å². The van der Waals surface area contributed by atoms with Crippen LogP contribution in [-0.2, 0) is 14.8 Å². The summed E-state index contributed by atoms with van der Waals surface area (Å²) in [6.45, 7) is 1.08. The van der Waals surface area contributed by atoms with Crippen LogP contribution in [-0.4, -0.2) is 49.6 Å². The largest absolute Gasteiger partial charge is 0.458 e. The van der Waals surface area contributed by atoms with E-state index in [1.807, 2.05) is 30.3 Å². The predicted molar refractivity (Wildman–Crippen MR) is 97.9 cm³/mol. The lowest BCUT2D eigenvalue weighted by atomic mass is 9.97.